The van der Waals surface area contributed by atoms with Crippen LogP contribution in [0.15, 0.2) is 52.7 Å². The van der Waals surface area contributed by atoms with Crippen molar-refractivity contribution in [1.29, 1.82) is 0 Å². The van der Waals surface area contributed by atoms with Gasteiger partial charge in [0.2, 0.25) is 0 Å². The van der Waals surface area contributed by atoms with Gasteiger partial charge in [0.1, 0.15) is 4.90 Å². The van der Waals surface area contributed by atoms with Crippen LogP contribution in [-0.4, -0.2) is 36.6 Å². The standard InChI is InChI=1S/C26H29NO5S2/c1-26(2)17-11-16(9-10-28)24(21(26)13-17)27-25(29)20-14-33-22-8-7-15(12-19(20)22)18-5-3-4-6-23(18)34(30,31)32/h3-8,12,14,16-17,21,24,28H,9-11,13H2,1-2H3,(H,27,29)(H,30,31,32)/t16-,17-,21-,24+/m0/s1. The molecule has 4 atom stereocenters. The van der Waals surface area contributed by atoms with Crippen molar-refractivity contribution in [3.63, 3.8) is 0 Å². The second-order valence-corrected chi connectivity index (χ2v) is 12.5. The molecule has 3 saturated carbocycles. The van der Waals surface area contributed by atoms with E-state index in [0.717, 1.165) is 22.9 Å². The lowest BCUT2D eigenvalue weighted by molar-refractivity contribution is -0.114. The molecule has 0 aliphatic heterocycles. The minimum absolute atomic E-state index is 0.0260. The maximum absolute atomic E-state index is 13.5. The van der Waals surface area contributed by atoms with Crippen molar-refractivity contribution in [2.24, 2.45) is 23.2 Å². The number of hydrogen-bond acceptors (Lipinski definition) is 5. The summed E-state index contributed by atoms with van der Waals surface area (Å²) in [5.74, 6) is 1.18. The van der Waals surface area contributed by atoms with Crippen molar-refractivity contribution >= 4 is 37.4 Å². The molecule has 34 heavy (non-hydrogen) atoms. The predicted octanol–water partition coefficient (Wildman–Crippen LogP) is 4.98. The van der Waals surface area contributed by atoms with Gasteiger partial charge in [0, 0.05) is 33.7 Å². The number of nitrogens with one attached hydrogen (secondary N) is 1. The summed E-state index contributed by atoms with van der Waals surface area (Å²) >= 11 is 1.47. The summed E-state index contributed by atoms with van der Waals surface area (Å²) in [6.07, 6.45) is 2.83. The number of carbonyl (C=O) groups is 1. The monoisotopic (exact) mass is 499 g/mol. The molecule has 3 aromatic rings. The van der Waals surface area contributed by atoms with Gasteiger partial charge in [-0.2, -0.15) is 8.42 Å². The van der Waals surface area contributed by atoms with Crippen LogP contribution in [0.3, 0.4) is 0 Å². The number of hydrogen-bond donors (Lipinski definition) is 3. The topological polar surface area (TPSA) is 104 Å². The first-order valence-electron chi connectivity index (χ1n) is 11.6. The molecular formula is C26H29NO5S2. The Balaban J connectivity index is 1.49. The first kappa shape index (κ1) is 23.5. The molecule has 1 heterocycles. The molecule has 0 radical (unpaired) electrons. The SMILES string of the molecule is CC1(C)[C@H]2C[C@H](CCO)[C@@H](NC(=O)c3csc4ccc(-c5ccccc5S(=O)(=O)O)cc34)[C@@H]1C2. The van der Waals surface area contributed by atoms with E-state index in [1.54, 1.807) is 24.3 Å². The summed E-state index contributed by atoms with van der Waals surface area (Å²) < 4.78 is 34.4. The summed E-state index contributed by atoms with van der Waals surface area (Å²) in [6, 6.07) is 11.8. The molecule has 3 N–H and O–H groups in total. The highest BCUT2D eigenvalue weighted by atomic mass is 32.2. The van der Waals surface area contributed by atoms with Gasteiger partial charge in [-0.05, 0) is 66.2 Å². The fourth-order valence-electron chi connectivity index (χ4n) is 6.12. The van der Waals surface area contributed by atoms with Crippen LogP contribution < -0.4 is 5.32 Å². The molecule has 2 aromatic carbocycles. The molecule has 2 bridgehead atoms. The predicted molar refractivity (Wildman–Crippen MR) is 134 cm³/mol. The number of fused-ring (bicyclic) bond motifs is 3. The minimum atomic E-state index is -4.39. The summed E-state index contributed by atoms with van der Waals surface area (Å²) in [6.45, 7) is 4.67. The molecule has 180 valence electrons. The van der Waals surface area contributed by atoms with E-state index in [0.29, 0.717) is 34.9 Å². The highest BCUT2D eigenvalue weighted by molar-refractivity contribution is 7.86. The van der Waals surface area contributed by atoms with E-state index < -0.39 is 10.1 Å². The smallest absolute Gasteiger partial charge is 0.295 e. The lowest BCUT2D eigenvalue weighted by Gasteiger charge is -2.62. The highest BCUT2D eigenvalue weighted by Gasteiger charge is 2.57. The molecule has 0 unspecified atom stereocenters. The van der Waals surface area contributed by atoms with E-state index in [1.165, 1.54) is 17.4 Å². The molecule has 6 rings (SSSR count). The number of aliphatic hydroxyl groups excluding tert-OH is 1. The first-order valence-corrected chi connectivity index (χ1v) is 13.9. The van der Waals surface area contributed by atoms with Crippen molar-refractivity contribution in [1.82, 2.24) is 5.32 Å². The average molecular weight is 500 g/mol. The van der Waals surface area contributed by atoms with Crippen molar-refractivity contribution in [2.75, 3.05) is 6.61 Å². The van der Waals surface area contributed by atoms with Crippen molar-refractivity contribution in [3.05, 3.63) is 53.4 Å². The summed E-state index contributed by atoms with van der Waals surface area (Å²) in [7, 11) is -4.39. The zero-order valence-electron chi connectivity index (χ0n) is 19.2. The zero-order chi connectivity index (χ0) is 24.3. The zero-order valence-corrected chi connectivity index (χ0v) is 20.8. The third-order valence-corrected chi connectivity index (χ3v) is 10.0. The van der Waals surface area contributed by atoms with Gasteiger partial charge in [-0.3, -0.25) is 9.35 Å². The van der Waals surface area contributed by atoms with Crippen LogP contribution in [0.2, 0.25) is 0 Å². The van der Waals surface area contributed by atoms with Gasteiger partial charge in [-0.15, -0.1) is 11.3 Å². The van der Waals surface area contributed by atoms with E-state index in [4.69, 9.17) is 0 Å². The van der Waals surface area contributed by atoms with Gasteiger partial charge in [0.25, 0.3) is 16.0 Å². The van der Waals surface area contributed by atoms with Gasteiger partial charge in [0.15, 0.2) is 0 Å². The maximum Gasteiger partial charge on any atom is 0.295 e. The van der Waals surface area contributed by atoms with Crippen LogP contribution >= 0.6 is 11.3 Å². The Hall–Kier alpha value is -2.26. The van der Waals surface area contributed by atoms with Gasteiger partial charge in [0.05, 0.1) is 5.56 Å². The molecule has 0 spiro atoms. The number of carbonyl (C=O) groups excluding carboxylic acids is 1. The number of benzene rings is 2. The molecule has 0 saturated heterocycles. The Morgan fingerprint density at radius 3 is 2.65 bits per heavy atom. The molecular weight excluding hydrogens is 470 g/mol. The Morgan fingerprint density at radius 2 is 1.94 bits per heavy atom. The number of thiophene rings is 1. The van der Waals surface area contributed by atoms with Crippen LogP contribution in [0.1, 0.15) is 43.5 Å². The molecule has 8 heteroatoms. The van der Waals surface area contributed by atoms with Gasteiger partial charge in [-0.25, -0.2) is 0 Å². The van der Waals surface area contributed by atoms with Crippen molar-refractivity contribution in [3.8, 4) is 11.1 Å². The number of aliphatic hydroxyl groups is 1. The Morgan fingerprint density at radius 1 is 1.18 bits per heavy atom. The molecule has 3 aliphatic carbocycles. The van der Waals surface area contributed by atoms with Crippen LogP contribution in [0, 0.1) is 23.2 Å². The van der Waals surface area contributed by atoms with Gasteiger partial charge >= 0.3 is 0 Å². The van der Waals surface area contributed by atoms with E-state index in [1.807, 2.05) is 17.5 Å². The largest absolute Gasteiger partial charge is 0.396 e. The van der Waals surface area contributed by atoms with Crippen LogP contribution in [0.25, 0.3) is 21.2 Å². The molecule has 6 nitrogen and oxygen atoms in total. The molecule has 1 amide bonds. The minimum Gasteiger partial charge on any atom is -0.396 e. The first-order chi connectivity index (χ1) is 16.1. The average Bonchev–Trinajstić information content (AvgIpc) is 3.22. The highest BCUT2D eigenvalue weighted by Crippen LogP contribution is 2.61. The summed E-state index contributed by atoms with van der Waals surface area (Å²) in [4.78, 5) is 13.3. The lowest BCUT2D eigenvalue weighted by atomic mass is 9.44. The number of amides is 1. The van der Waals surface area contributed by atoms with E-state index in [9.17, 15) is 22.9 Å². The van der Waals surface area contributed by atoms with E-state index in [-0.39, 0.29) is 34.8 Å². The van der Waals surface area contributed by atoms with E-state index in [2.05, 4.69) is 19.2 Å². The molecule has 3 fully saturated rings. The third-order valence-electron chi connectivity index (χ3n) is 8.17. The molecule has 3 aliphatic rings. The Labute approximate surface area is 203 Å². The number of rotatable bonds is 6. The maximum atomic E-state index is 13.5. The fourth-order valence-corrected chi connectivity index (χ4v) is 7.76. The van der Waals surface area contributed by atoms with Gasteiger partial charge < -0.3 is 10.4 Å². The summed E-state index contributed by atoms with van der Waals surface area (Å²) in [5, 5.41) is 15.5. The Bertz CT molecular complexity index is 1360. The van der Waals surface area contributed by atoms with Crippen LogP contribution in [-0.2, 0) is 10.1 Å². The molecule has 1 aromatic heterocycles. The van der Waals surface area contributed by atoms with Crippen LogP contribution in [0.5, 0.6) is 0 Å². The third kappa shape index (κ3) is 3.86. The summed E-state index contributed by atoms with van der Waals surface area (Å²) in [5.41, 5.74) is 1.76. The Kier molecular flexibility index (Phi) is 5.83. The van der Waals surface area contributed by atoms with E-state index >= 15 is 0 Å². The lowest BCUT2D eigenvalue weighted by Crippen LogP contribution is -2.63. The van der Waals surface area contributed by atoms with Crippen LogP contribution in [0.4, 0.5) is 0 Å². The van der Waals surface area contributed by atoms with Crippen molar-refractivity contribution in [2.45, 2.75) is 44.0 Å². The second-order valence-electron chi connectivity index (χ2n) is 10.2. The second kappa shape index (κ2) is 8.45. The normalized spacial score (nSPS) is 25.6. The van der Waals surface area contributed by atoms with Gasteiger partial charge in [-0.1, -0.05) is 38.1 Å². The van der Waals surface area contributed by atoms with Crippen molar-refractivity contribution < 1.29 is 22.9 Å². The quantitative estimate of drug-likeness (QED) is 0.415. The fraction of sp³-hybridized carbons (Fsp3) is 0.423.